The molecule has 0 amide bonds. The van der Waals surface area contributed by atoms with Crippen LogP contribution in [0, 0.1) is 6.92 Å². The summed E-state index contributed by atoms with van der Waals surface area (Å²) in [5, 5.41) is 19.1. The highest BCUT2D eigenvalue weighted by molar-refractivity contribution is 7.18. The van der Waals surface area contributed by atoms with Crippen molar-refractivity contribution in [1.29, 1.82) is 0 Å². The molecule has 6 heteroatoms. The Bertz CT molecular complexity index is 494. The minimum atomic E-state index is 0.0363. The van der Waals surface area contributed by atoms with E-state index in [2.05, 4.69) is 9.97 Å². The van der Waals surface area contributed by atoms with Crippen LogP contribution in [0.25, 0.3) is 10.2 Å². The van der Waals surface area contributed by atoms with E-state index in [1.165, 1.54) is 11.2 Å². The van der Waals surface area contributed by atoms with Gasteiger partial charge < -0.3 is 15.1 Å². The van der Waals surface area contributed by atoms with E-state index < -0.39 is 0 Å². The molecule has 0 aromatic carbocycles. The van der Waals surface area contributed by atoms with Gasteiger partial charge in [-0.15, -0.1) is 11.3 Å². The minimum Gasteiger partial charge on any atom is -0.395 e. The number of rotatable bonds is 5. The summed E-state index contributed by atoms with van der Waals surface area (Å²) < 4.78 is 0. The normalized spacial score (nSPS) is 11.0. The fourth-order valence-corrected chi connectivity index (χ4v) is 2.62. The van der Waals surface area contributed by atoms with Crippen molar-refractivity contribution < 1.29 is 10.2 Å². The average Bonchev–Trinajstić information content (AvgIpc) is 2.68. The third-order valence-corrected chi connectivity index (χ3v) is 3.43. The molecule has 92 valence electrons. The lowest BCUT2D eigenvalue weighted by molar-refractivity contribution is 0.281. The van der Waals surface area contributed by atoms with Crippen LogP contribution in [0.5, 0.6) is 0 Å². The molecule has 17 heavy (non-hydrogen) atoms. The van der Waals surface area contributed by atoms with Gasteiger partial charge in [0, 0.05) is 18.0 Å². The molecule has 0 aliphatic heterocycles. The predicted molar refractivity (Wildman–Crippen MR) is 68.5 cm³/mol. The number of aliphatic hydroxyl groups is 2. The molecule has 0 unspecified atom stereocenters. The van der Waals surface area contributed by atoms with Crippen LogP contribution in [-0.4, -0.2) is 46.5 Å². The quantitative estimate of drug-likeness (QED) is 0.824. The molecule has 0 saturated heterocycles. The second-order valence-corrected chi connectivity index (χ2v) is 4.94. The first-order chi connectivity index (χ1) is 8.26. The van der Waals surface area contributed by atoms with Gasteiger partial charge in [0.2, 0.25) is 0 Å². The Morgan fingerprint density at radius 1 is 1.24 bits per heavy atom. The molecule has 2 aromatic rings. The number of aliphatic hydroxyl groups excluding tert-OH is 2. The maximum atomic E-state index is 9.04. The number of hydrogen-bond donors (Lipinski definition) is 2. The van der Waals surface area contributed by atoms with Crippen molar-refractivity contribution in [3.63, 3.8) is 0 Å². The molecule has 2 aromatic heterocycles. The van der Waals surface area contributed by atoms with Gasteiger partial charge >= 0.3 is 0 Å². The topological polar surface area (TPSA) is 69.5 Å². The van der Waals surface area contributed by atoms with Crippen LogP contribution in [0.1, 0.15) is 4.88 Å². The van der Waals surface area contributed by atoms with Gasteiger partial charge in [0.1, 0.15) is 17.0 Å². The number of fused-ring (bicyclic) bond motifs is 1. The number of thiophene rings is 1. The van der Waals surface area contributed by atoms with Gasteiger partial charge in [0.05, 0.1) is 18.6 Å². The van der Waals surface area contributed by atoms with E-state index in [-0.39, 0.29) is 13.2 Å². The summed E-state index contributed by atoms with van der Waals surface area (Å²) in [6, 6.07) is 2.04. The molecule has 0 saturated carbocycles. The van der Waals surface area contributed by atoms with Crippen molar-refractivity contribution in [2.45, 2.75) is 6.92 Å². The van der Waals surface area contributed by atoms with Crippen molar-refractivity contribution in [3.8, 4) is 0 Å². The summed E-state index contributed by atoms with van der Waals surface area (Å²) in [6.45, 7) is 3.02. The van der Waals surface area contributed by atoms with Crippen LogP contribution in [0.3, 0.4) is 0 Å². The Morgan fingerprint density at radius 3 is 2.59 bits per heavy atom. The zero-order valence-electron chi connectivity index (χ0n) is 9.63. The van der Waals surface area contributed by atoms with E-state index >= 15 is 0 Å². The molecule has 0 bridgehead atoms. The van der Waals surface area contributed by atoms with Crippen LogP contribution < -0.4 is 4.90 Å². The maximum Gasteiger partial charge on any atom is 0.140 e. The van der Waals surface area contributed by atoms with Crippen LogP contribution >= 0.6 is 11.3 Å². The molecule has 5 nitrogen and oxygen atoms in total. The van der Waals surface area contributed by atoms with Crippen molar-refractivity contribution >= 4 is 27.4 Å². The van der Waals surface area contributed by atoms with E-state index in [0.29, 0.717) is 13.1 Å². The first-order valence-corrected chi connectivity index (χ1v) is 6.25. The summed E-state index contributed by atoms with van der Waals surface area (Å²) in [5.74, 6) is 0.780. The SMILES string of the molecule is Cc1cc2c(N(CCO)CCO)ncnc2s1. The predicted octanol–water partition coefficient (Wildman–Crippen LogP) is 0.791. The van der Waals surface area contributed by atoms with Crippen molar-refractivity contribution in [2.75, 3.05) is 31.2 Å². The van der Waals surface area contributed by atoms with Gasteiger partial charge in [-0.05, 0) is 13.0 Å². The fraction of sp³-hybridized carbons (Fsp3) is 0.455. The molecule has 0 radical (unpaired) electrons. The second kappa shape index (κ2) is 5.39. The second-order valence-electron chi connectivity index (χ2n) is 3.71. The molecule has 0 aliphatic carbocycles. The van der Waals surface area contributed by atoms with Gasteiger partial charge in [0.25, 0.3) is 0 Å². The largest absolute Gasteiger partial charge is 0.395 e. The number of aromatic nitrogens is 2. The van der Waals surface area contributed by atoms with Crippen LogP contribution in [-0.2, 0) is 0 Å². The van der Waals surface area contributed by atoms with E-state index in [9.17, 15) is 0 Å². The monoisotopic (exact) mass is 253 g/mol. The lowest BCUT2D eigenvalue weighted by atomic mass is 10.3. The van der Waals surface area contributed by atoms with Crippen molar-refractivity contribution in [3.05, 3.63) is 17.3 Å². The summed E-state index contributed by atoms with van der Waals surface area (Å²) in [5.41, 5.74) is 0. The highest BCUT2D eigenvalue weighted by atomic mass is 32.1. The highest BCUT2D eigenvalue weighted by Gasteiger charge is 2.13. The van der Waals surface area contributed by atoms with E-state index in [4.69, 9.17) is 10.2 Å². The fourth-order valence-electron chi connectivity index (χ4n) is 1.78. The molecule has 0 aliphatic rings. The smallest absolute Gasteiger partial charge is 0.140 e. The molecule has 2 rings (SSSR count). The summed E-state index contributed by atoms with van der Waals surface area (Å²) >= 11 is 1.62. The number of nitrogens with zero attached hydrogens (tertiary/aromatic N) is 3. The number of hydrogen-bond acceptors (Lipinski definition) is 6. The maximum absolute atomic E-state index is 9.04. The summed E-state index contributed by atoms with van der Waals surface area (Å²) in [4.78, 5) is 12.5. The third-order valence-electron chi connectivity index (χ3n) is 2.47. The molecule has 2 heterocycles. The average molecular weight is 253 g/mol. The van der Waals surface area contributed by atoms with Gasteiger partial charge in [-0.25, -0.2) is 9.97 Å². The number of aryl methyl sites for hydroxylation is 1. The Hall–Kier alpha value is -1.24. The van der Waals surface area contributed by atoms with Crippen LogP contribution in [0.15, 0.2) is 12.4 Å². The molecule has 2 N–H and O–H groups in total. The molecule has 0 atom stereocenters. The van der Waals surface area contributed by atoms with Gasteiger partial charge in [-0.3, -0.25) is 0 Å². The lowest BCUT2D eigenvalue weighted by Crippen LogP contribution is -2.30. The molecular formula is C11H15N3O2S. The van der Waals surface area contributed by atoms with E-state index in [1.54, 1.807) is 11.3 Å². The lowest BCUT2D eigenvalue weighted by Gasteiger charge is -2.21. The summed E-state index contributed by atoms with van der Waals surface area (Å²) in [6.07, 6.45) is 1.52. The third kappa shape index (κ3) is 2.54. The van der Waals surface area contributed by atoms with Gasteiger partial charge in [-0.1, -0.05) is 0 Å². The van der Waals surface area contributed by atoms with Crippen molar-refractivity contribution in [1.82, 2.24) is 9.97 Å². The van der Waals surface area contributed by atoms with E-state index in [1.807, 2.05) is 17.9 Å². The van der Waals surface area contributed by atoms with Crippen LogP contribution in [0.4, 0.5) is 5.82 Å². The van der Waals surface area contributed by atoms with E-state index in [0.717, 1.165) is 16.0 Å². The molecular weight excluding hydrogens is 238 g/mol. The zero-order valence-corrected chi connectivity index (χ0v) is 10.4. The Morgan fingerprint density at radius 2 is 1.94 bits per heavy atom. The standard InChI is InChI=1S/C11H15N3O2S/c1-8-6-9-10(12-7-13-11(9)17-8)14(2-4-15)3-5-16/h6-7,15-16H,2-5H2,1H3. The minimum absolute atomic E-state index is 0.0363. The molecule has 0 fully saturated rings. The van der Waals surface area contributed by atoms with Gasteiger partial charge in [-0.2, -0.15) is 0 Å². The first kappa shape index (κ1) is 12.2. The van der Waals surface area contributed by atoms with Crippen LogP contribution in [0.2, 0.25) is 0 Å². The Balaban J connectivity index is 2.44. The highest BCUT2D eigenvalue weighted by Crippen LogP contribution is 2.29. The van der Waals surface area contributed by atoms with Gasteiger partial charge in [0.15, 0.2) is 0 Å². The first-order valence-electron chi connectivity index (χ1n) is 5.44. The Kier molecular flexibility index (Phi) is 3.88. The number of anilines is 1. The summed E-state index contributed by atoms with van der Waals surface area (Å²) in [7, 11) is 0. The Labute approximate surface area is 103 Å². The zero-order chi connectivity index (χ0) is 12.3. The van der Waals surface area contributed by atoms with Crippen molar-refractivity contribution in [2.24, 2.45) is 0 Å². The molecule has 0 spiro atoms.